The summed E-state index contributed by atoms with van der Waals surface area (Å²) in [6.07, 6.45) is 0.571. The van der Waals surface area contributed by atoms with Crippen LogP contribution in [-0.2, 0) is 12.2 Å². The number of benzene rings is 5. The lowest BCUT2D eigenvalue weighted by atomic mass is 10.0. The zero-order valence-corrected chi connectivity index (χ0v) is 25.7. The quantitative estimate of drug-likeness (QED) is 0.162. The second-order valence-electron chi connectivity index (χ2n) is 10.9. The molecule has 0 aliphatic rings. The van der Waals surface area contributed by atoms with Crippen molar-refractivity contribution in [3.8, 4) is 16.8 Å². The fraction of sp³-hybridized carbons (Fsp3) is 0.132. The highest BCUT2D eigenvalue weighted by molar-refractivity contribution is 7.98. The molecule has 218 valence electrons. The number of carbonyl (C=O) groups excluding carboxylic acids is 1. The van der Waals surface area contributed by atoms with E-state index in [9.17, 15) is 4.79 Å². The summed E-state index contributed by atoms with van der Waals surface area (Å²) >= 11 is 1.64. The fourth-order valence-electron chi connectivity index (χ4n) is 5.23. The molecule has 1 atom stereocenters. The lowest BCUT2D eigenvalue weighted by Crippen LogP contribution is -2.32. The largest absolute Gasteiger partial charge is 0.342 e. The maximum absolute atomic E-state index is 13.7. The normalized spacial score (nSPS) is 11.7. The van der Waals surface area contributed by atoms with Gasteiger partial charge in [-0.2, -0.15) is 0 Å². The summed E-state index contributed by atoms with van der Waals surface area (Å²) in [6.45, 7) is 4.18. The minimum Gasteiger partial charge on any atom is -0.342 e. The monoisotopic (exact) mass is 594 g/mol. The van der Waals surface area contributed by atoms with E-state index in [2.05, 4.69) is 102 Å². The average Bonchev–Trinajstić information content (AvgIpc) is 3.49. The standard InChI is InChI=1S/C38H34N4OS/c1-27-16-22-34(23-17-27)42-36(40-41-38(42)44-26-30-13-9-10-28(2)24-30)35(25-29-11-5-3-6-12-29)39-37(43)33-20-18-32(19-21-33)31-14-7-4-8-15-31/h3-24,35H,25-26H2,1-2H3,(H,39,43). The van der Waals surface area contributed by atoms with E-state index in [-0.39, 0.29) is 5.91 Å². The van der Waals surface area contributed by atoms with Crippen molar-refractivity contribution in [1.82, 2.24) is 20.1 Å². The third-order valence-corrected chi connectivity index (χ3v) is 8.55. The molecule has 0 radical (unpaired) electrons. The number of aryl methyl sites for hydroxylation is 2. The number of carbonyl (C=O) groups is 1. The van der Waals surface area contributed by atoms with Crippen molar-refractivity contribution in [2.45, 2.75) is 37.2 Å². The van der Waals surface area contributed by atoms with Gasteiger partial charge in [0.25, 0.3) is 5.91 Å². The molecule has 6 rings (SSSR count). The summed E-state index contributed by atoms with van der Waals surface area (Å²) in [6, 6.07) is 44.6. The molecule has 1 aromatic heterocycles. The first-order chi connectivity index (χ1) is 21.5. The maximum atomic E-state index is 13.7. The van der Waals surface area contributed by atoms with Gasteiger partial charge in [-0.15, -0.1) is 10.2 Å². The van der Waals surface area contributed by atoms with Gasteiger partial charge in [0.15, 0.2) is 11.0 Å². The SMILES string of the molecule is Cc1ccc(-n2c(SCc3cccc(C)c3)nnc2C(Cc2ccccc2)NC(=O)c2ccc(-c3ccccc3)cc2)cc1. The van der Waals surface area contributed by atoms with E-state index in [0.717, 1.165) is 33.3 Å². The van der Waals surface area contributed by atoms with Crippen LogP contribution in [0, 0.1) is 13.8 Å². The highest BCUT2D eigenvalue weighted by Gasteiger charge is 2.25. The Morgan fingerprint density at radius 3 is 2.07 bits per heavy atom. The molecule has 0 saturated heterocycles. The fourth-order valence-corrected chi connectivity index (χ4v) is 6.13. The number of hydrogen-bond donors (Lipinski definition) is 1. The van der Waals surface area contributed by atoms with E-state index < -0.39 is 6.04 Å². The molecule has 5 aromatic carbocycles. The molecule has 6 aromatic rings. The van der Waals surface area contributed by atoms with Crippen LogP contribution >= 0.6 is 11.8 Å². The predicted molar refractivity (Wildman–Crippen MR) is 179 cm³/mol. The zero-order chi connectivity index (χ0) is 30.3. The van der Waals surface area contributed by atoms with Crippen LogP contribution in [0.3, 0.4) is 0 Å². The first kappa shape index (κ1) is 29.1. The van der Waals surface area contributed by atoms with Gasteiger partial charge < -0.3 is 5.32 Å². The first-order valence-corrected chi connectivity index (χ1v) is 15.7. The van der Waals surface area contributed by atoms with Gasteiger partial charge in [0.2, 0.25) is 0 Å². The predicted octanol–water partition coefficient (Wildman–Crippen LogP) is 8.56. The summed E-state index contributed by atoms with van der Waals surface area (Å²) in [5.41, 5.74) is 8.46. The van der Waals surface area contributed by atoms with Gasteiger partial charge in [0, 0.05) is 17.0 Å². The van der Waals surface area contributed by atoms with Gasteiger partial charge >= 0.3 is 0 Å². The number of thioether (sulfide) groups is 1. The second-order valence-corrected chi connectivity index (χ2v) is 11.9. The second kappa shape index (κ2) is 13.6. The number of aromatic nitrogens is 3. The molecule has 0 spiro atoms. The number of nitrogens with one attached hydrogen (secondary N) is 1. The van der Waals surface area contributed by atoms with E-state index in [1.807, 2.05) is 60.7 Å². The molecule has 5 nitrogen and oxygen atoms in total. The maximum Gasteiger partial charge on any atom is 0.251 e. The molecular formula is C38H34N4OS. The third-order valence-electron chi connectivity index (χ3n) is 7.55. The number of nitrogens with zero attached hydrogens (tertiary/aromatic N) is 3. The van der Waals surface area contributed by atoms with Crippen molar-refractivity contribution >= 4 is 17.7 Å². The Bertz CT molecular complexity index is 1830. The highest BCUT2D eigenvalue weighted by atomic mass is 32.2. The zero-order valence-electron chi connectivity index (χ0n) is 24.9. The molecule has 0 bridgehead atoms. The van der Waals surface area contributed by atoms with Crippen LogP contribution in [0.1, 0.15) is 44.5 Å². The first-order valence-electron chi connectivity index (χ1n) is 14.7. The average molecular weight is 595 g/mol. The number of rotatable bonds is 10. The Kier molecular flexibility index (Phi) is 8.99. The van der Waals surface area contributed by atoms with Gasteiger partial charge in [0.05, 0.1) is 6.04 Å². The van der Waals surface area contributed by atoms with E-state index in [1.54, 1.807) is 11.8 Å². The third kappa shape index (κ3) is 6.99. The summed E-state index contributed by atoms with van der Waals surface area (Å²) in [4.78, 5) is 13.7. The summed E-state index contributed by atoms with van der Waals surface area (Å²) in [5, 5.41) is 13.5. The van der Waals surface area contributed by atoms with E-state index in [4.69, 9.17) is 5.10 Å². The Morgan fingerprint density at radius 2 is 1.36 bits per heavy atom. The van der Waals surface area contributed by atoms with Crippen LogP contribution in [0.25, 0.3) is 16.8 Å². The Hall–Kier alpha value is -4.94. The van der Waals surface area contributed by atoms with E-state index >= 15 is 0 Å². The van der Waals surface area contributed by atoms with Gasteiger partial charge in [0.1, 0.15) is 0 Å². The summed E-state index contributed by atoms with van der Waals surface area (Å²) in [5.74, 6) is 1.30. The molecule has 1 heterocycles. The molecule has 1 N–H and O–H groups in total. The van der Waals surface area contributed by atoms with Gasteiger partial charge in [-0.05, 0) is 66.8 Å². The Balaban J connectivity index is 1.34. The topological polar surface area (TPSA) is 59.8 Å². The number of amides is 1. The minimum absolute atomic E-state index is 0.155. The van der Waals surface area contributed by atoms with E-state index in [1.165, 1.54) is 16.7 Å². The van der Waals surface area contributed by atoms with Gasteiger partial charge in [-0.25, -0.2) is 0 Å². The summed E-state index contributed by atoms with van der Waals surface area (Å²) < 4.78 is 2.09. The molecule has 6 heteroatoms. The lowest BCUT2D eigenvalue weighted by molar-refractivity contribution is 0.0934. The van der Waals surface area contributed by atoms with Crippen LogP contribution < -0.4 is 5.32 Å². The number of hydrogen-bond acceptors (Lipinski definition) is 4. The minimum atomic E-state index is -0.416. The van der Waals surface area contributed by atoms with Crippen LogP contribution in [0.4, 0.5) is 0 Å². The van der Waals surface area contributed by atoms with Crippen LogP contribution in [0.15, 0.2) is 139 Å². The summed E-state index contributed by atoms with van der Waals surface area (Å²) in [7, 11) is 0. The van der Waals surface area contributed by atoms with Crippen LogP contribution in [-0.4, -0.2) is 20.7 Å². The van der Waals surface area contributed by atoms with Gasteiger partial charge in [-0.3, -0.25) is 9.36 Å². The highest BCUT2D eigenvalue weighted by Crippen LogP contribution is 2.30. The van der Waals surface area contributed by atoms with Gasteiger partial charge in [-0.1, -0.05) is 132 Å². The lowest BCUT2D eigenvalue weighted by Gasteiger charge is -2.20. The molecule has 0 fully saturated rings. The van der Waals surface area contributed by atoms with Crippen molar-refractivity contribution in [2.75, 3.05) is 0 Å². The molecule has 1 unspecified atom stereocenters. The van der Waals surface area contributed by atoms with Crippen molar-refractivity contribution in [3.05, 3.63) is 167 Å². The Labute approximate surface area is 263 Å². The molecule has 0 aliphatic heterocycles. The molecule has 0 aliphatic carbocycles. The molecule has 1 amide bonds. The van der Waals surface area contributed by atoms with Crippen LogP contribution in [0.2, 0.25) is 0 Å². The van der Waals surface area contributed by atoms with Crippen molar-refractivity contribution in [3.63, 3.8) is 0 Å². The van der Waals surface area contributed by atoms with Crippen LogP contribution in [0.5, 0.6) is 0 Å². The van der Waals surface area contributed by atoms with Crippen molar-refractivity contribution < 1.29 is 4.79 Å². The van der Waals surface area contributed by atoms with E-state index in [0.29, 0.717) is 17.8 Å². The van der Waals surface area contributed by atoms with Crippen molar-refractivity contribution in [2.24, 2.45) is 0 Å². The molecule has 44 heavy (non-hydrogen) atoms. The molecular weight excluding hydrogens is 561 g/mol. The van der Waals surface area contributed by atoms with Crippen molar-refractivity contribution in [1.29, 1.82) is 0 Å². The Morgan fingerprint density at radius 1 is 0.705 bits per heavy atom. The smallest absolute Gasteiger partial charge is 0.251 e. The molecule has 0 saturated carbocycles.